The van der Waals surface area contributed by atoms with E-state index in [0.29, 0.717) is 17.6 Å². The lowest BCUT2D eigenvalue weighted by Crippen LogP contribution is -1.99. The van der Waals surface area contributed by atoms with Crippen LogP contribution in [0.4, 0.5) is 17.5 Å². The van der Waals surface area contributed by atoms with Gasteiger partial charge in [0.1, 0.15) is 5.69 Å². The first-order valence-corrected chi connectivity index (χ1v) is 3.46. The van der Waals surface area contributed by atoms with Gasteiger partial charge in [-0.2, -0.15) is 9.97 Å². The third-order valence-corrected chi connectivity index (χ3v) is 1.68. The summed E-state index contributed by atoms with van der Waals surface area (Å²) in [5, 5.41) is 6.29. The summed E-state index contributed by atoms with van der Waals surface area (Å²) in [6.07, 6.45) is 0. The molecule has 2 heterocycles. The molecule has 0 amide bonds. The Morgan fingerprint density at radius 1 is 1.36 bits per heavy atom. The third-order valence-electron chi connectivity index (χ3n) is 1.40. The number of nitrogens with two attached hydrogens (primary N) is 1. The van der Waals surface area contributed by atoms with E-state index in [4.69, 9.17) is 17.3 Å². The fourth-order valence-corrected chi connectivity index (χ4v) is 1.19. The summed E-state index contributed by atoms with van der Waals surface area (Å²) in [4.78, 5) is 7.70. The van der Waals surface area contributed by atoms with Gasteiger partial charge in [0.25, 0.3) is 0 Å². The smallest absolute Gasteiger partial charge is 0.223 e. The Hall–Kier alpha value is -1.23. The Morgan fingerprint density at radius 3 is 3.00 bits per heavy atom. The van der Waals surface area contributed by atoms with Crippen molar-refractivity contribution >= 4 is 29.1 Å². The lowest BCUT2D eigenvalue weighted by molar-refractivity contribution is 1.20. The number of rotatable bonds is 0. The molecule has 0 radical (unpaired) electrons. The standard InChI is InChI=1S/C5H6ClN5/c6-3-2-4(9-1-8-2)11-5(7)10-3/h8H,1H2,(H3,7,9,10,11). The number of nitrogens with one attached hydrogen (secondary N) is 2. The predicted molar refractivity (Wildman–Crippen MR) is 43.6 cm³/mol. The van der Waals surface area contributed by atoms with Crippen LogP contribution in [0.25, 0.3) is 0 Å². The van der Waals surface area contributed by atoms with Gasteiger partial charge in [0.05, 0.1) is 6.67 Å². The van der Waals surface area contributed by atoms with E-state index in [1.54, 1.807) is 0 Å². The van der Waals surface area contributed by atoms with Crippen LogP contribution in [-0.2, 0) is 0 Å². The fourth-order valence-electron chi connectivity index (χ4n) is 0.951. The second-order valence-corrected chi connectivity index (χ2v) is 2.48. The van der Waals surface area contributed by atoms with E-state index in [1.165, 1.54) is 0 Å². The summed E-state index contributed by atoms with van der Waals surface area (Å²) in [5.74, 6) is 0.854. The van der Waals surface area contributed by atoms with Gasteiger partial charge in [-0.3, -0.25) is 0 Å². The van der Waals surface area contributed by atoms with Gasteiger partial charge in [-0.15, -0.1) is 0 Å². The number of hydrogen-bond donors (Lipinski definition) is 3. The molecule has 0 spiro atoms. The van der Waals surface area contributed by atoms with Gasteiger partial charge < -0.3 is 16.4 Å². The number of nitrogen functional groups attached to an aromatic ring is 1. The van der Waals surface area contributed by atoms with Crippen molar-refractivity contribution in [1.29, 1.82) is 0 Å². The second-order valence-electron chi connectivity index (χ2n) is 2.13. The van der Waals surface area contributed by atoms with Crippen LogP contribution in [0.2, 0.25) is 5.15 Å². The zero-order valence-corrected chi connectivity index (χ0v) is 6.31. The van der Waals surface area contributed by atoms with Gasteiger partial charge in [0.2, 0.25) is 5.95 Å². The second kappa shape index (κ2) is 2.13. The number of nitrogens with zero attached hydrogens (tertiary/aromatic N) is 2. The van der Waals surface area contributed by atoms with Crippen molar-refractivity contribution in [2.24, 2.45) is 0 Å². The van der Waals surface area contributed by atoms with E-state index in [-0.39, 0.29) is 5.95 Å². The molecular weight excluding hydrogens is 166 g/mol. The first-order chi connectivity index (χ1) is 5.27. The van der Waals surface area contributed by atoms with Crippen molar-refractivity contribution in [3.8, 4) is 0 Å². The summed E-state index contributed by atoms with van der Waals surface area (Å²) in [6, 6.07) is 0. The first-order valence-electron chi connectivity index (χ1n) is 3.08. The summed E-state index contributed by atoms with van der Waals surface area (Å²) in [7, 11) is 0. The Morgan fingerprint density at radius 2 is 2.18 bits per heavy atom. The van der Waals surface area contributed by atoms with Crippen LogP contribution in [0.5, 0.6) is 0 Å². The molecule has 0 saturated heterocycles. The summed E-state index contributed by atoms with van der Waals surface area (Å²) < 4.78 is 0. The van der Waals surface area contributed by atoms with Gasteiger partial charge in [-0.1, -0.05) is 11.6 Å². The van der Waals surface area contributed by atoms with Crippen molar-refractivity contribution in [3.05, 3.63) is 5.15 Å². The molecule has 11 heavy (non-hydrogen) atoms. The summed E-state index contributed by atoms with van der Waals surface area (Å²) in [6.45, 7) is 0.618. The van der Waals surface area contributed by atoms with Crippen LogP contribution < -0.4 is 16.4 Å². The molecule has 2 rings (SSSR count). The van der Waals surface area contributed by atoms with Crippen molar-refractivity contribution in [1.82, 2.24) is 9.97 Å². The van der Waals surface area contributed by atoms with E-state index in [2.05, 4.69) is 20.6 Å². The summed E-state index contributed by atoms with van der Waals surface area (Å²) >= 11 is 5.74. The Labute approximate surface area is 68.0 Å². The minimum Gasteiger partial charge on any atom is -0.368 e. The molecule has 1 aromatic rings. The molecule has 0 fully saturated rings. The highest BCUT2D eigenvalue weighted by Gasteiger charge is 2.15. The summed E-state index contributed by atoms with van der Waals surface area (Å²) in [5.41, 5.74) is 6.08. The van der Waals surface area contributed by atoms with Crippen LogP contribution in [0, 0.1) is 0 Å². The number of aromatic nitrogens is 2. The largest absolute Gasteiger partial charge is 0.368 e. The van der Waals surface area contributed by atoms with Gasteiger partial charge in [-0.05, 0) is 0 Å². The van der Waals surface area contributed by atoms with E-state index in [0.717, 1.165) is 5.69 Å². The maximum Gasteiger partial charge on any atom is 0.223 e. The van der Waals surface area contributed by atoms with Crippen molar-refractivity contribution < 1.29 is 0 Å². The molecule has 0 aromatic carbocycles. The fraction of sp³-hybridized carbons (Fsp3) is 0.200. The van der Waals surface area contributed by atoms with E-state index in [1.807, 2.05) is 0 Å². The lowest BCUT2D eigenvalue weighted by Gasteiger charge is -1.99. The highest BCUT2D eigenvalue weighted by molar-refractivity contribution is 6.32. The van der Waals surface area contributed by atoms with Crippen molar-refractivity contribution in [2.45, 2.75) is 0 Å². The van der Waals surface area contributed by atoms with Crippen LogP contribution in [0.3, 0.4) is 0 Å². The molecule has 58 valence electrons. The molecule has 1 aliphatic heterocycles. The van der Waals surface area contributed by atoms with Crippen LogP contribution in [0.1, 0.15) is 0 Å². The van der Waals surface area contributed by atoms with Crippen molar-refractivity contribution in [3.63, 3.8) is 0 Å². The zero-order chi connectivity index (χ0) is 7.84. The van der Waals surface area contributed by atoms with Gasteiger partial charge in [0, 0.05) is 0 Å². The Bertz CT molecular complexity index is 299. The van der Waals surface area contributed by atoms with Crippen molar-refractivity contribution in [2.75, 3.05) is 23.0 Å². The SMILES string of the molecule is Nc1nc(Cl)c2c(n1)NCN2. The molecule has 0 atom stereocenters. The quantitative estimate of drug-likeness (QED) is 0.496. The molecule has 0 bridgehead atoms. The zero-order valence-electron chi connectivity index (χ0n) is 5.56. The van der Waals surface area contributed by atoms with Gasteiger partial charge in [-0.25, -0.2) is 0 Å². The number of anilines is 3. The number of halogens is 1. The van der Waals surface area contributed by atoms with Gasteiger partial charge in [0.15, 0.2) is 11.0 Å². The maximum atomic E-state index is 5.74. The number of hydrogen-bond acceptors (Lipinski definition) is 5. The van der Waals surface area contributed by atoms with Crippen LogP contribution >= 0.6 is 11.6 Å². The molecule has 6 heteroatoms. The molecule has 1 aromatic heterocycles. The van der Waals surface area contributed by atoms with E-state index >= 15 is 0 Å². The lowest BCUT2D eigenvalue weighted by atomic mass is 10.5. The molecule has 0 saturated carbocycles. The molecule has 0 aliphatic carbocycles. The maximum absolute atomic E-state index is 5.74. The Balaban J connectivity index is 2.60. The minimum atomic E-state index is 0.185. The van der Waals surface area contributed by atoms with E-state index < -0.39 is 0 Å². The predicted octanol–water partition coefficient (Wildman–Crippen LogP) is 0.507. The molecule has 0 unspecified atom stereocenters. The monoisotopic (exact) mass is 171 g/mol. The highest BCUT2D eigenvalue weighted by atomic mass is 35.5. The Kier molecular flexibility index (Phi) is 1.25. The average Bonchev–Trinajstić information content (AvgIpc) is 2.34. The third kappa shape index (κ3) is 0.932. The molecule has 4 N–H and O–H groups in total. The van der Waals surface area contributed by atoms with Crippen LogP contribution in [0.15, 0.2) is 0 Å². The number of fused-ring (bicyclic) bond motifs is 1. The topological polar surface area (TPSA) is 75.9 Å². The normalized spacial score (nSPS) is 13.5. The highest BCUT2D eigenvalue weighted by Crippen LogP contribution is 2.30. The molecule has 1 aliphatic rings. The minimum absolute atomic E-state index is 0.185. The first kappa shape index (κ1) is 6.48. The average molecular weight is 172 g/mol. The molecular formula is C5H6ClN5. The van der Waals surface area contributed by atoms with Crippen LogP contribution in [-0.4, -0.2) is 16.6 Å². The molecule has 5 nitrogen and oxygen atoms in total. The van der Waals surface area contributed by atoms with E-state index in [9.17, 15) is 0 Å². The van der Waals surface area contributed by atoms with Gasteiger partial charge >= 0.3 is 0 Å².